The Hall–Kier alpha value is -4.05. The minimum Gasteiger partial charge on any atom is -0.503 e. The number of nitrogens with zero attached hydrogens (tertiary/aromatic N) is 2. The van der Waals surface area contributed by atoms with Crippen LogP contribution >= 0.6 is 0 Å². The quantitative estimate of drug-likeness (QED) is 0.156. The molecule has 1 radical (unpaired) electrons. The molecule has 4 N–H and O–H groups in total. The van der Waals surface area contributed by atoms with Crippen molar-refractivity contribution in [3.05, 3.63) is 43.3 Å². The van der Waals surface area contributed by atoms with Crippen molar-refractivity contribution >= 4 is 18.0 Å². The van der Waals surface area contributed by atoms with E-state index in [1.165, 1.54) is 13.1 Å². The molecule has 9 heteroatoms. The Balaban J connectivity index is -0.000000367. The van der Waals surface area contributed by atoms with Crippen LogP contribution < -0.4 is 11.1 Å². The van der Waals surface area contributed by atoms with E-state index in [1.807, 2.05) is 0 Å². The minimum atomic E-state index is -0.0456. The standard InChI is InChI=1S/C9H13NO2.C7H7N3O.CH5N.CH3.Es/c1-3-9(11)10-6-4-5-8(10)7-12-2;1-3-6-5(4-11)7(8-2)10-9-6;1-2;;/h3,7H,1,4-6H2,2H3;1,4H,2H3,(H2,8,9,10);2H2,1H3;1H3;/q;;;-1;/b8-7+;;;;. The maximum atomic E-state index is 11.2. The number of nitrogens with two attached hydrogens (primary N) is 1. The van der Waals surface area contributed by atoms with Gasteiger partial charge in [0, 0.05) is 13.6 Å². The fourth-order valence-corrected chi connectivity index (χ4v) is 2.08. The van der Waals surface area contributed by atoms with E-state index in [-0.39, 0.29) is 13.3 Å². The number of hydrogen-bond acceptors (Lipinski definition) is 6. The molecule has 0 spiro atoms. The molecule has 155 valence electrons. The van der Waals surface area contributed by atoms with Crippen molar-refractivity contribution in [3.63, 3.8) is 0 Å². The van der Waals surface area contributed by atoms with E-state index in [1.54, 1.807) is 25.3 Å². The summed E-state index contributed by atoms with van der Waals surface area (Å²) in [6.07, 6.45) is 10.6. The van der Waals surface area contributed by atoms with Crippen LogP contribution in [-0.4, -0.2) is 55.0 Å². The molecular weight excluding hydrogens is 586 g/mol. The van der Waals surface area contributed by atoms with Crippen molar-refractivity contribution in [1.29, 1.82) is 0 Å². The van der Waals surface area contributed by atoms with Crippen LogP contribution in [0.4, 0.5) is 5.82 Å². The second-order valence-corrected chi connectivity index (χ2v) is 4.52. The van der Waals surface area contributed by atoms with Gasteiger partial charge in [0.2, 0.25) is 5.91 Å². The third kappa shape index (κ3) is 7.58. The van der Waals surface area contributed by atoms with Crippen LogP contribution in [-0.2, 0) is 9.53 Å². The van der Waals surface area contributed by atoms with Crippen LogP contribution in [0, 0.1) is 19.8 Å². The number of terminal acetylenes is 1. The van der Waals surface area contributed by atoms with E-state index < -0.39 is 0 Å². The third-order valence-electron chi connectivity index (χ3n) is 3.16. The van der Waals surface area contributed by atoms with Gasteiger partial charge in [0.25, 0.3) is 0 Å². The summed E-state index contributed by atoms with van der Waals surface area (Å²) in [5.41, 5.74) is 6.25. The van der Waals surface area contributed by atoms with Crippen LogP contribution in [0.3, 0.4) is 0 Å². The van der Waals surface area contributed by atoms with Gasteiger partial charge in [-0.3, -0.25) is 14.7 Å². The first-order valence-electron chi connectivity index (χ1n) is 7.54. The number of allylic oxidation sites excluding steroid dienone is 1. The largest absolute Gasteiger partial charge is 0.503 e. The first kappa shape index (κ1) is 27.8. The fourth-order valence-electron chi connectivity index (χ4n) is 2.08. The van der Waals surface area contributed by atoms with Gasteiger partial charge in [0.1, 0.15) is 12.0 Å². The van der Waals surface area contributed by atoms with Gasteiger partial charge in [-0.05, 0) is 26.0 Å². The molecule has 2 rings (SSSR count). The van der Waals surface area contributed by atoms with Crippen LogP contribution in [0.25, 0.3) is 0 Å². The topological polar surface area (TPSA) is 113 Å². The maximum Gasteiger partial charge on any atom is 0.250 e. The summed E-state index contributed by atoms with van der Waals surface area (Å²) in [4.78, 5) is 23.3. The number of anilines is 1. The Morgan fingerprint density at radius 1 is 1.52 bits per heavy atom. The van der Waals surface area contributed by atoms with Crippen LogP contribution in [0.5, 0.6) is 0 Å². The predicted octanol–water partition coefficient (Wildman–Crippen LogP) is 1.55. The molecule has 27 heavy (non-hydrogen) atoms. The number of nitrogens with one attached hydrogen (secondary N) is 2. The first-order chi connectivity index (χ1) is 12.1. The molecule has 0 bridgehead atoms. The number of aldehydes is 1. The number of carbonyl (C=O) groups excluding carboxylic acids is 2. The SMILES string of the molecule is C#Cc1[nH]nc(NC)c1C=O.C=CC(=O)N1CCC/C1=C\OC.CN.[CH3-].[Es]. The van der Waals surface area contributed by atoms with E-state index in [2.05, 4.69) is 33.7 Å². The predicted molar refractivity (Wildman–Crippen MR) is 104 cm³/mol. The first-order valence-corrected chi connectivity index (χ1v) is 7.54. The Bertz CT molecular complexity index is 650. The average Bonchev–Trinajstić information content (AvgIpc) is 3.29. The van der Waals surface area contributed by atoms with E-state index in [4.69, 9.17) is 11.2 Å². The number of aromatic nitrogens is 2. The zero-order valence-corrected chi connectivity index (χ0v) is 18.6. The Morgan fingerprint density at radius 3 is 2.59 bits per heavy atom. The van der Waals surface area contributed by atoms with E-state index in [0.717, 1.165) is 25.1 Å². The van der Waals surface area contributed by atoms with Gasteiger partial charge < -0.3 is 28.1 Å². The molecule has 1 saturated heterocycles. The Morgan fingerprint density at radius 2 is 2.15 bits per heavy atom. The molecule has 1 fully saturated rings. The zero-order valence-electron chi connectivity index (χ0n) is 16.1. The molecule has 0 unspecified atom stereocenters. The molecular formula is C18H28EsN5O3-. The zero-order chi connectivity index (χ0) is 19.2. The monoisotopic (exact) mass is 614 g/mol. The van der Waals surface area contributed by atoms with Crippen LogP contribution in [0.2, 0.25) is 0 Å². The molecule has 1 aromatic heterocycles. The van der Waals surface area contributed by atoms with Gasteiger partial charge in [-0.1, -0.05) is 12.5 Å². The summed E-state index contributed by atoms with van der Waals surface area (Å²) in [7, 11) is 4.76. The fraction of sp³-hybridized carbons (Fsp3) is 0.333. The van der Waals surface area contributed by atoms with Crippen molar-refractivity contribution in [3.8, 4) is 12.3 Å². The molecule has 1 aromatic rings. The summed E-state index contributed by atoms with van der Waals surface area (Å²) in [5.74, 6) is 2.75. The minimum absolute atomic E-state index is 0. The van der Waals surface area contributed by atoms with Crippen molar-refractivity contribution in [1.82, 2.24) is 15.1 Å². The number of ether oxygens (including phenoxy) is 1. The van der Waals surface area contributed by atoms with Gasteiger partial charge in [0.15, 0.2) is 12.1 Å². The Kier molecular flexibility index (Phi) is 15.9. The van der Waals surface area contributed by atoms with Crippen LogP contribution in [0.1, 0.15) is 28.9 Å². The van der Waals surface area contributed by atoms with Gasteiger partial charge >= 0.3 is 0 Å². The van der Waals surface area contributed by atoms with E-state index >= 15 is 0 Å². The number of aromatic amines is 1. The second-order valence-electron chi connectivity index (χ2n) is 4.52. The number of amides is 1. The summed E-state index contributed by atoms with van der Waals surface area (Å²) >= 11 is 0. The van der Waals surface area contributed by atoms with Gasteiger partial charge in [-0.2, -0.15) is 5.10 Å². The maximum absolute atomic E-state index is 11.2. The average molecular weight is 614 g/mol. The summed E-state index contributed by atoms with van der Waals surface area (Å²) in [5, 5.41) is 9.04. The molecule has 0 aliphatic carbocycles. The Labute approximate surface area is 155 Å². The summed E-state index contributed by atoms with van der Waals surface area (Å²) in [6.45, 7) is 4.22. The van der Waals surface area contributed by atoms with Crippen LogP contribution in [0.15, 0.2) is 24.6 Å². The summed E-state index contributed by atoms with van der Waals surface area (Å²) in [6, 6.07) is 0. The van der Waals surface area contributed by atoms with E-state index in [0.29, 0.717) is 23.4 Å². The van der Waals surface area contributed by atoms with Crippen molar-refractivity contribution in [2.45, 2.75) is 12.8 Å². The van der Waals surface area contributed by atoms with Crippen molar-refractivity contribution in [2.75, 3.05) is 33.1 Å². The van der Waals surface area contributed by atoms with Gasteiger partial charge in [-0.15, -0.1) is 6.42 Å². The van der Waals surface area contributed by atoms with Crippen molar-refractivity contribution in [2.24, 2.45) is 5.73 Å². The van der Waals surface area contributed by atoms with Crippen molar-refractivity contribution < 1.29 is 14.3 Å². The number of methoxy groups -OCH3 is 1. The summed E-state index contributed by atoms with van der Waals surface area (Å²) < 4.78 is 4.86. The number of rotatable bonds is 4. The smallest absolute Gasteiger partial charge is 0.250 e. The number of likely N-dealkylation sites (tertiary alicyclic amines) is 1. The second kappa shape index (κ2) is 15.5. The molecule has 8 nitrogen and oxygen atoms in total. The molecule has 0 aromatic carbocycles. The number of H-pyrrole nitrogens is 1. The van der Waals surface area contributed by atoms with Gasteiger partial charge in [0.05, 0.1) is 18.4 Å². The molecule has 0 saturated carbocycles. The number of hydrogen-bond donors (Lipinski definition) is 3. The molecule has 0 atom stereocenters. The molecule has 1 aliphatic rings. The third-order valence-corrected chi connectivity index (χ3v) is 3.16. The molecule has 1 aliphatic heterocycles. The number of carbonyl (C=O) groups is 2. The molecule has 2 heterocycles. The molecule has 1 amide bonds. The normalized spacial score (nSPS) is 12.6. The van der Waals surface area contributed by atoms with Gasteiger partial charge in [-0.25, -0.2) is 0 Å². The van der Waals surface area contributed by atoms with E-state index in [9.17, 15) is 9.59 Å².